The summed E-state index contributed by atoms with van der Waals surface area (Å²) in [6, 6.07) is 12.5. The van der Waals surface area contributed by atoms with E-state index in [9.17, 15) is 0 Å². The molecule has 0 spiro atoms. The predicted molar refractivity (Wildman–Crippen MR) is 86.5 cm³/mol. The first-order chi connectivity index (χ1) is 11.3. The molecule has 0 atom stereocenters. The van der Waals surface area contributed by atoms with E-state index in [1.165, 1.54) is 0 Å². The highest BCUT2D eigenvalue weighted by molar-refractivity contribution is 5.46. The molecule has 1 aromatic heterocycles. The zero-order valence-corrected chi connectivity index (χ0v) is 12.7. The average Bonchev–Trinajstić information content (AvgIpc) is 2.62. The molecule has 0 aliphatic rings. The van der Waals surface area contributed by atoms with Gasteiger partial charge in [-0.1, -0.05) is 12.1 Å². The molecule has 23 heavy (non-hydrogen) atoms. The van der Waals surface area contributed by atoms with Crippen LogP contribution in [0.1, 0.15) is 25.0 Å². The third kappa shape index (κ3) is 5.68. The van der Waals surface area contributed by atoms with E-state index in [1.807, 2.05) is 18.2 Å². The number of unbranched alkanes of at least 4 members (excludes halogenated alkanes) is 2. The number of hydrogen-bond donors (Lipinski definition) is 0. The van der Waals surface area contributed by atoms with Crippen LogP contribution in [0.25, 0.3) is 4.85 Å². The van der Waals surface area contributed by atoms with Crippen molar-refractivity contribution in [2.24, 2.45) is 0 Å². The number of rotatable bonds is 8. The van der Waals surface area contributed by atoms with Gasteiger partial charge in [-0.05, 0) is 43.5 Å². The van der Waals surface area contributed by atoms with E-state index in [2.05, 4.69) is 9.83 Å². The first-order valence-corrected chi connectivity index (χ1v) is 7.41. The van der Waals surface area contributed by atoms with Crippen LogP contribution in [0.2, 0.25) is 0 Å². The average molecular weight is 307 g/mol. The van der Waals surface area contributed by atoms with Crippen LogP contribution in [0.15, 0.2) is 42.6 Å². The minimum absolute atomic E-state index is 0.388. The second-order valence-corrected chi connectivity index (χ2v) is 4.85. The number of nitrogens with zero attached hydrogens (tertiary/aromatic N) is 3. The molecule has 0 bridgehead atoms. The molecule has 5 heteroatoms. The molecule has 1 aromatic carbocycles. The van der Waals surface area contributed by atoms with E-state index < -0.39 is 0 Å². The first-order valence-electron chi connectivity index (χ1n) is 7.41. The molecular weight excluding hydrogens is 290 g/mol. The number of pyridine rings is 1. The minimum Gasteiger partial charge on any atom is -0.494 e. The Kier molecular flexibility index (Phi) is 6.43. The van der Waals surface area contributed by atoms with Crippen molar-refractivity contribution < 1.29 is 9.47 Å². The van der Waals surface area contributed by atoms with Crippen LogP contribution >= 0.6 is 0 Å². The number of benzene rings is 1. The summed E-state index contributed by atoms with van der Waals surface area (Å²) in [5, 5.41) is 8.66. The van der Waals surface area contributed by atoms with Gasteiger partial charge in [-0.25, -0.2) is 9.83 Å². The van der Waals surface area contributed by atoms with E-state index in [-0.39, 0.29) is 0 Å². The number of aromatic nitrogens is 1. The Morgan fingerprint density at radius 2 is 1.61 bits per heavy atom. The van der Waals surface area contributed by atoms with Gasteiger partial charge in [-0.2, -0.15) is 5.26 Å². The largest absolute Gasteiger partial charge is 0.494 e. The summed E-state index contributed by atoms with van der Waals surface area (Å²) in [7, 11) is 0. The zero-order valence-electron chi connectivity index (χ0n) is 12.7. The summed E-state index contributed by atoms with van der Waals surface area (Å²) in [5.74, 6) is 1.47. The van der Waals surface area contributed by atoms with Crippen molar-refractivity contribution in [3.63, 3.8) is 0 Å². The predicted octanol–water partition coefficient (Wildman–Crippen LogP) is 4.13. The fourth-order valence-corrected chi connectivity index (χ4v) is 1.91. The fourth-order valence-electron chi connectivity index (χ4n) is 1.91. The van der Waals surface area contributed by atoms with Crippen LogP contribution < -0.4 is 9.47 Å². The van der Waals surface area contributed by atoms with Crippen LogP contribution in [-0.2, 0) is 0 Å². The molecule has 1 heterocycles. The standard InChI is InChI=1S/C18H17N3O2/c1-20-15-5-8-17(9-6-15)22-11-3-2-4-12-23-18-10-7-16(13-19)21-14-18/h5-10,14H,2-4,11-12H2. The minimum atomic E-state index is 0.388. The van der Waals surface area contributed by atoms with Gasteiger partial charge in [0.15, 0.2) is 5.69 Å². The topological polar surface area (TPSA) is 59.5 Å². The highest BCUT2D eigenvalue weighted by atomic mass is 16.5. The Morgan fingerprint density at radius 3 is 2.17 bits per heavy atom. The van der Waals surface area contributed by atoms with Gasteiger partial charge in [-0.3, -0.25) is 0 Å². The summed E-state index contributed by atoms with van der Waals surface area (Å²) < 4.78 is 11.2. The second kappa shape index (κ2) is 9.07. The molecule has 2 aromatic rings. The monoisotopic (exact) mass is 307 g/mol. The normalized spacial score (nSPS) is 9.65. The number of nitriles is 1. The van der Waals surface area contributed by atoms with Crippen molar-refractivity contribution >= 4 is 5.69 Å². The number of hydrogen-bond acceptors (Lipinski definition) is 4. The quantitative estimate of drug-likeness (QED) is 0.543. The lowest BCUT2D eigenvalue weighted by Crippen LogP contribution is -2.01. The molecule has 116 valence electrons. The van der Waals surface area contributed by atoms with Crippen LogP contribution in [0, 0.1) is 17.9 Å². The molecule has 5 nitrogen and oxygen atoms in total. The third-order valence-corrected chi connectivity index (χ3v) is 3.14. The molecule has 2 rings (SSSR count). The Morgan fingerprint density at radius 1 is 0.957 bits per heavy atom. The Bertz CT molecular complexity index is 621. The van der Waals surface area contributed by atoms with E-state index in [0.717, 1.165) is 25.0 Å². The molecule has 0 aliphatic heterocycles. The van der Waals surface area contributed by atoms with Crippen molar-refractivity contribution in [1.82, 2.24) is 4.98 Å². The SMILES string of the molecule is [C-]#[N+]c1ccc(OCCCCCOc2ccc(C#N)nc2)cc1. The van der Waals surface area contributed by atoms with Crippen molar-refractivity contribution in [3.05, 3.63) is 59.7 Å². The van der Waals surface area contributed by atoms with Crippen LogP contribution in [-0.4, -0.2) is 18.2 Å². The molecule has 0 unspecified atom stereocenters. The lowest BCUT2D eigenvalue weighted by Gasteiger charge is -2.07. The van der Waals surface area contributed by atoms with Gasteiger partial charge in [0, 0.05) is 0 Å². The van der Waals surface area contributed by atoms with Crippen molar-refractivity contribution in [2.45, 2.75) is 19.3 Å². The summed E-state index contributed by atoms with van der Waals surface area (Å²) in [5.41, 5.74) is 1.01. The zero-order chi connectivity index (χ0) is 16.3. The third-order valence-electron chi connectivity index (χ3n) is 3.14. The molecular formula is C18H17N3O2. The maximum atomic E-state index is 8.66. The lowest BCUT2D eigenvalue weighted by atomic mass is 10.2. The lowest BCUT2D eigenvalue weighted by molar-refractivity contribution is 0.279. The maximum absolute atomic E-state index is 8.66. The molecule has 0 saturated heterocycles. The number of ether oxygens (including phenoxy) is 2. The van der Waals surface area contributed by atoms with Gasteiger partial charge in [0.1, 0.15) is 23.3 Å². The summed E-state index contributed by atoms with van der Waals surface area (Å²) in [4.78, 5) is 7.28. The van der Waals surface area contributed by atoms with E-state index >= 15 is 0 Å². The Labute approximate surface area is 135 Å². The van der Waals surface area contributed by atoms with Gasteiger partial charge >= 0.3 is 0 Å². The smallest absolute Gasteiger partial charge is 0.187 e. The molecule has 0 N–H and O–H groups in total. The van der Waals surface area contributed by atoms with Crippen LogP contribution in [0.5, 0.6) is 11.5 Å². The van der Waals surface area contributed by atoms with E-state index in [0.29, 0.717) is 30.3 Å². The summed E-state index contributed by atoms with van der Waals surface area (Å²) >= 11 is 0. The highest BCUT2D eigenvalue weighted by Gasteiger charge is 1.98. The van der Waals surface area contributed by atoms with Gasteiger partial charge in [0.05, 0.1) is 26.0 Å². The molecule has 0 saturated carbocycles. The highest BCUT2D eigenvalue weighted by Crippen LogP contribution is 2.18. The van der Waals surface area contributed by atoms with Crippen LogP contribution in [0.3, 0.4) is 0 Å². The van der Waals surface area contributed by atoms with Crippen molar-refractivity contribution in [2.75, 3.05) is 13.2 Å². The fraction of sp³-hybridized carbons (Fsp3) is 0.278. The molecule has 0 radical (unpaired) electrons. The van der Waals surface area contributed by atoms with E-state index in [1.54, 1.807) is 30.5 Å². The van der Waals surface area contributed by atoms with Crippen molar-refractivity contribution in [3.8, 4) is 17.6 Å². The molecule has 0 aliphatic carbocycles. The van der Waals surface area contributed by atoms with Gasteiger partial charge in [0.25, 0.3) is 0 Å². The Hall–Kier alpha value is -3.05. The van der Waals surface area contributed by atoms with Crippen LogP contribution in [0.4, 0.5) is 5.69 Å². The second-order valence-electron chi connectivity index (χ2n) is 4.85. The molecule has 0 amide bonds. The van der Waals surface area contributed by atoms with E-state index in [4.69, 9.17) is 21.3 Å². The van der Waals surface area contributed by atoms with Crippen molar-refractivity contribution in [1.29, 1.82) is 5.26 Å². The van der Waals surface area contributed by atoms with Gasteiger partial charge < -0.3 is 9.47 Å². The molecule has 0 fully saturated rings. The first kappa shape index (κ1) is 16.3. The van der Waals surface area contributed by atoms with Gasteiger partial charge in [0.2, 0.25) is 0 Å². The Balaban J connectivity index is 1.55. The van der Waals surface area contributed by atoms with Gasteiger partial charge in [-0.15, -0.1) is 0 Å². The summed E-state index contributed by atoms with van der Waals surface area (Å²) in [6.45, 7) is 8.15. The summed E-state index contributed by atoms with van der Waals surface area (Å²) in [6.07, 6.45) is 4.44. The maximum Gasteiger partial charge on any atom is 0.187 e.